The van der Waals surface area contributed by atoms with Gasteiger partial charge in [-0.15, -0.1) is 0 Å². The number of aliphatic hydroxyl groups excluding tert-OH is 1. The van der Waals surface area contributed by atoms with E-state index in [0.29, 0.717) is 17.8 Å². The summed E-state index contributed by atoms with van der Waals surface area (Å²) < 4.78 is 0. The van der Waals surface area contributed by atoms with Crippen LogP contribution < -0.4 is 0 Å². The largest absolute Gasteiger partial charge is 0.481 e. The van der Waals surface area contributed by atoms with Crippen LogP contribution in [0.3, 0.4) is 0 Å². The molecule has 0 aromatic carbocycles. The van der Waals surface area contributed by atoms with Gasteiger partial charge in [-0.05, 0) is 103 Å². The van der Waals surface area contributed by atoms with Crippen LogP contribution in [-0.4, -0.2) is 22.3 Å². The third kappa shape index (κ3) is 3.34. The normalized spacial score (nSPS) is 51.8. The number of carboxylic acid groups (broad SMARTS) is 1. The zero-order valence-corrected chi connectivity index (χ0v) is 22.6. The Balaban J connectivity index is 1.81. The molecule has 33 heavy (non-hydrogen) atoms. The number of hydrogen-bond donors (Lipinski definition) is 2. The van der Waals surface area contributed by atoms with Crippen molar-refractivity contribution in [1.82, 2.24) is 0 Å². The third-order valence-electron chi connectivity index (χ3n) is 12.5. The van der Waals surface area contributed by atoms with Gasteiger partial charge < -0.3 is 10.2 Å². The Morgan fingerprint density at radius 2 is 1.70 bits per heavy atom. The second kappa shape index (κ2) is 7.84. The molecule has 0 aliphatic heterocycles. The van der Waals surface area contributed by atoms with Crippen LogP contribution in [-0.2, 0) is 4.79 Å². The third-order valence-corrected chi connectivity index (χ3v) is 12.5. The van der Waals surface area contributed by atoms with Gasteiger partial charge >= 0.3 is 5.97 Å². The molecular weight excluding hydrogens is 408 g/mol. The van der Waals surface area contributed by atoms with Crippen LogP contribution in [0.15, 0.2) is 11.6 Å². The average Bonchev–Trinajstić information content (AvgIpc) is 2.74. The van der Waals surface area contributed by atoms with Crippen LogP contribution >= 0.6 is 0 Å². The molecule has 0 amide bonds. The van der Waals surface area contributed by atoms with E-state index in [-0.39, 0.29) is 33.7 Å². The number of allylic oxidation sites excluding steroid dienone is 2. The van der Waals surface area contributed by atoms with Crippen LogP contribution in [0.5, 0.6) is 0 Å². The van der Waals surface area contributed by atoms with Gasteiger partial charge in [0.1, 0.15) is 0 Å². The van der Waals surface area contributed by atoms with E-state index in [1.165, 1.54) is 5.57 Å². The first kappa shape index (κ1) is 25.3. The minimum atomic E-state index is -0.570. The van der Waals surface area contributed by atoms with E-state index in [1.54, 1.807) is 0 Å². The number of hydrogen-bond acceptors (Lipinski definition) is 2. The van der Waals surface area contributed by atoms with Gasteiger partial charge in [0.05, 0.1) is 11.5 Å². The molecule has 9 atom stereocenters. The van der Waals surface area contributed by atoms with E-state index >= 15 is 0 Å². The minimum Gasteiger partial charge on any atom is -0.481 e. The molecule has 0 heterocycles. The van der Waals surface area contributed by atoms with Gasteiger partial charge in [-0.2, -0.15) is 0 Å². The number of aliphatic hydroxyl groups is 1. The lowest BCUT2D eigenvalue weighted by atomic mass is 9.37. The van der Waals surface area contributed by atoms with Gasteiger partial charge in [0.15, 0.2) is 0 Å². The van der Waals surface area contributed by atoms with Gasteiger partial charge in [-0.25, -0.2) is 0 Å². The average molecular weight is 459 g/mol. The summed E-state index contributed by atoms with van der Waals surface area (Å²) in [6, 6.07) is 0. The standard InChI is InChI=1S/C30H50O3/c1-9-28(7)22(27(6)14-13-23(31)26(4,5)18-27)11-10-21-24-20(3)19(2)12-15-30(24,25(32)33)17-16-29(21,28)8/h10,19-20,22-24,31H,9,11-18H2,1-8H3,(H,32,33). The monoisotopic (exact) mass is 458 g/mol. The van der Waals surface area contributed by atoms with Crippen LogP contribution in [0, 0.1) is 50.7 Å². The van der Waals surface area contributed by atoms with Crippen molar-refractivity contribution in [3.05, 3.63) is 11.6 Å². The molecule has 0 bridgehead atoms. The van der Waals surface area contributed by atoms with Crippen LogP contribution in [0.1, 0.15) is 113 Å². The molecule has 4 aliphatic carbocycles. The fourth-order valence-corrected chi connectivity index (χ4v) is 9.85. The zero-order chi connectivity index (χ0) is 24.6. The molecule has 0 aromatic heterocycles. The topological polar surface area (TPSA) is 57.5 Å². The van der Waals surface area contributed by atoms with E-state index < -0.39 is 11.4 Å². The Labute approximate surface area is 202 Å². The molecule has 4 aliphatic rings. The zero-order valence-electron chi connectivity index (χ0n) is 22.6. The first-order chi connectivity index (χ1) is 15.2. The molecule has 3 nitrogen and oxygen atoms in total. The Morgan fingerprint density at radius 1 is 1.03 bits per heavy atom. The molecule has 9 unspecified atom stereocenters. The molecule has 2 N–H and O–H groups in total. The molecule has 0 spiro atoms. The highest BCUT2D eigenvalue weighted by Crippen LogP contribution is 2.72. The van der Waals surface area contributed by atoms with E-state index in [1.807, 2.05) is 0 Å². The van der Waals surface area contributed by atoms with Crippen molar-refractivity contribution in [2.45, 2.75) is 119 Å². The lowest BCUT2D eigenvalue weighted by Gasteiger charge is -2.67. The lowest BCUT2D eigenvalue weighted by Crippen LogP contribution is -2.61. The maximum Gasteiger partial charge on any atom is 0.310 e. The summed E-state index contributed by atoms with van der Waals surface area (Å²) in [5, 5.41) is 21.2. The summed E-state index contributed by atoms with van der Waals surface area (Å²) in [5.74, 6) is 1.17. The summed E-state index contributed by atoms with van der Waals surface area (Å²) in [4.78, 5) is 12.8. The van der Waals surface area contributed by atoms with Crippen molar-refractivity contribution in [3.63, 3.8) is 0 Å². The number of fused-ring (bicyclic) bond motifs is 3. The summed E-state index contributed by atoms with van der Waals surface area (Å²) >= 11 is 0. The SMILES string of the molecule is CCC1(C)C(C2(C)CCC(O)C(C)(C)C2)CC=C2C3C(C)C(C)CCC3(C(=O)O)CCC21C. The Kier molecular flexibility index (Phi) is 6.00. The molecule has 0 aromatic rings. The molecule has 3 heteroatoms. The van der Waals surface area contributed by atoms with Crippen LogP contribution in [0.25, 0.3) is 0 Å². The summed E-state index contributed by atoms with van der Waals surface area (Å²) in [6.45, 7) is 19.1. The van der Waals surface area contributed by atoms with Crippen LogP contribution in [0.2, 0.25) is 0 Å². The van der Waals surface area contributed by atoms with E-state index in [2.05, 4.69) is 61.5 Å². The number of carbonyl (C=O) groups is 1. The molecule has 3 fully saturated rings. The van der Waals surface area contributed by atoms with Gasteiger partial charge in [0.2, 0.25) is 0 Å². The summed E-state index contributed by atoms with van der Waals surface area (Å²) in [5.41, 5.74) is 1.25. The van der Waals surface area contributed by atoms with Crippen LogP contribution in [0.4, 0.5) is 0 Å². The smallest absolute Gasteiger partial charge is 0.310 e. The van der Waals surface area contributed by atoms with Crippen molar-refractivity contribution in [3.8, 4) is 0 Å². The molecular formula is C30H50O3. The van der Waals surface area contributed by atoms with E-state index in [4.69, 9.17) is 0 Å². The maximum absolute atomic E-state index is 12.8. The highest BCUT2D eigenvalue weighted by atomic mass is 16.4. The van der Waals surface area contributed by atoms with Gasteiger partial charge in [-0.1, -0.05) is 67.0 Å². The van der Waals surface area contributed by atoms with Gasteiger partial charge in [-0.3, -0.25) is 4.79 Å². The fraction of sp³-hybridized carbons (Fsp3) is 0.900. The Bertz CT molecular complexity index is 828. The predicted molar refractivity (Wildman–Crippen MR) is 135 cm³/mol. The van der Waals surface area contributed by atoms with Crippen molar-refractivity contribution in [1.29, 1.82) is 0 Å². The highest BCUT2D eigenvalue weighted by Gasteiger charge is 2.66. The quantitative estimate of drug-likeness (QED) is 0.431. The van der Waals surface area contributed by atoms with Crippen molar-refractivity contribution in [2.75, 3.05) is 0 Å². The lowest BCUT2D eigenvalue weighted by molar-refractivity contribution is -0.170. The molecule has 3 saturated carbocycles. The van der Waals surface area contributed by atoms with E-state index in [9.17, 15) is 15.0 Å². The second-order valence-corrected chi connectivity index (χ2v) is 14.2. The molecule has 0 saturated heterocycles. The highest BCUT2D eigenvalue weighted by molar-refractivity contribution is 5.76. The van der Waals surface area contributed by atoms with Crippen molar-refractivity contribution in [2.24, 2.45) is 50.7 Å². The number of carboxylic acids is 1. The fourth-order valence-electron chi connectivity index (χ4n) is 9.85. The molecule has 4 rings (SSSR count). The summed E-state index contributed by atoms with van der Waals surface area (Å²) in [7, 11) is 0. The number of rotatable bonds is 3. The first-order valence-electron chi connectivity index (χ1n) is 13.8. The van der Waals surface area contributed by atoms with Gasteiger partial charge in [0, 0.05) is 0 Å². The van der Waals surface area contributed by atoms with E-state index in [0.717, 1.165) is 57.8 Å². The molecule has 188 valence electrons. The Morgan fingerprint density at radius 3 is 2.27 bits per heavy atom. The van der Waals surface area contributed by atoms with Crippen molar-refractivity contribution < 1.29 is 15.0 Å². The predicted octanol–water partition coefficient (Wildman–Crippen LogP) is 7.48. The summed E-state index contributed by atoms with van der Waals surface area (Å²) in [6.07, 6.45) is 11.3. The first-order valence-corrected chi connectivity index (χ1v) is 13.8. The second-order valence-electron chi connectivity index (χ2n) is 14.2. The molecule has 0 radical (unpaired) electrons. The van der Waals surface area contributed by atoms with Crippen molar-refractivity contribution >= 4 is 5.97 Å². The Hall–Kier alpha value is -0.830. The van der Waals surface area contributed by atoms with Gasteiger partial charge in [0.25, 0.3) is 0 Å². The minimum absolute atomic E-state index is 0.0445. The maximum atomic E-state index is 12.8. The number of aliphatic carboxylic acids is 1.